The molecule has 0 N–H and O–H groups in total. The second kappa shape index (κ2) is 6.14. The van der Waals surface area contributed by atoms with E-state index < -0.39 is 17.0 Å². The predicted octanol–water partition coefficient (Wildman–Crippen LogP) is 0.455. The second-order valence-electron chi connectivity index (χ2n) is 2.83. The third-order valence-corrected chi connectivity index (χ3v) is 1.59. The fraction of sp³-hybridized carbons (Fsp3) is 0.857. The molecule has 0 spiro atoms. The lowest BCUT2D eigenvalue weighted by atomic mass is 10.2. The largest absolute Gasteiger partial charge is 0.772 e. The van der Waals surface area contributed by atoms with Gasteiger partial charge in [0, 0.05) is 5.75 Å². The van der Waals surface area contributed by atoms with Crippen LogP contribution in [0.15, 0.2) is 0 Å². The lowest BCUT2D eigenvalue weighted by Crippen LogP contribution is -2.12. The summed E-state index contributed by atoms with van der Waals surface area (Å²) in [6.45, 7) is 4.18. The molecule has 0 aromatic heterocycles. The Labute approximate surface area is 74.6 Å². The topological polar surface area (TPSA) is 66.4 Å². The van der Waals surface area contributed by atoms with E-state index in [1.807, 2.05) is 13.8 Å². The molecular weight excluding hydrogens is 180 g/mol. The summed E-state index contributed by atoms with van der Waals surface area (Å²) in [5, 5.41) is 0. The number of carbonyl (C=O) groups excluding carboxylic acids is 1. The molecule has 0 aromatic carbocycles. The Morgan fingerprint density at radius 1 is 1.58 bits per heavy atom. The maximum Gasteiger partial charge on any atom is 0.306 e. The Hall–Kier alpha value is -0.420. The molecule has 0 fully saturated rings. The quantitative estimate of drug-likeness (QED) is 0.470. The van der Waals surface area contributed by atoms with Crippen molar-refractivity contribution in [2.75, 3.05) is 12.4 Å². The minimum Gasteiger partial charge on any atom is -0.772 e. The summed E-state index contributed by atoms with van der Waals surface area (Å²) in [6, 6.07) is 0. The van der Waals surface area contributed by atoms with Crippen LogP contribution in [0.25, 0.3) is 0 Å². The lowest BCUT2D eigenvalue weighted by Gasteiger charge is -2.07. The molecule has 5 heteroatoms. The average Bonchev–Trinajstić information content (AvgIpc) is 1.96. The number of rotatable bonds is 5. The molecule has 0 aromatic rings. The molecule has 4 nitrogen and oxygen atoms in total. The first-order valence-electron chi connectivity index (χ1n) is 3.74. The van der Waals surface area contributed by atoms with Crippen molar-refractivity contribution in [2.24, 2.45) is 5.92 Å². The van der Waals surface area contributed by atoms with E-state index in [9.17, 15) is 13.6 Å². The Morgan fingerprint density at radius 2 is 2.17 bits per heavy atom. The van der Waals surface area contributed by atoms with E-state index in [1.54, 1.807) is 0 Å². The number of hydrogen-bond donors (Lipinski definition) is 0. The van der Waals surface area contributed by atoms with Gasteiger partial charge in [0.15, 0.2) is 0 Å². The van der Waals surface area contributed by atoms with Crippen LogP contribution in [-0.2, 0) is 20.6 Å². The van der Waals surface area contributed by atoms with E-state index in [1.165, 1.54) is 0 Å². The maximum absolute atomic E-state index is 10.8. The van der Waals surface area contributed by atoms with Gasteiger partial charge in [0.05, 0.1) is 13.0 Å². The molecule has 0 rings (SSSR count). The average molecular weight is 193 g/mol. The minimum absolute atomic E-state index is 0.0527. The van der Waals surface area contributed by atoms with Crippen LogP contribution >= 0.6 is 0 Å². The molecule has 1 atom stereocenters. The Kier molecular flexibility index (Phi) is 5.92. The maximum atomic E-state index is 10.8. The fourth-order valence-electron chi connectivity index (χ4n) is 0.498. The van der Waals surface area contributed by atoms with Gasteiger partial charge < -0.3 is 9.29 Å². The SMILES string of the molecule is CC(C)COC(=O)CCS(=O)[O-]. The van der Waals surface area contributed by atoms with Gasteiger partial charge in [-0.3, -0.25) is 9.00 Å². The predicted molar refractivity (Wildman–Crippen MR) is 44.2 cm³/mol. The highest BCUT2D eigenvalue weighted by molar-refractivity contribution is 7.79. The molecule has 0 saturated carbocycles. The molecule has 1 unspecified atom stereocenters. The highest BCUT2D eigenvalue weighted by atomic mass is 32.2. The second-order valence-corrected chi connectivity index (χ2v) is 3.85. The molecule has 0 aliphatic carbocycles. The monoisotopic (exact) mass is 193 g/mol. The van der Waals surface area contributed by atoms with Gasteiger partial charge >= 0.3 is 5.97 Å². The summed E-state index contributed by atoms with van der Waals surface area (Å²) >= 11 is -2.15. The third kappa shape index (κ3) is 7.68. The van der Waals surface area contributed by atoms with Crippen LogP contribution < -0.4 is 0 Å². The van der Waals surface area contributed by atoms with Gasteiger partial charge in [0.1, 0.15) is 0 Å². The fourth-order valence-corrected chi connectivity index (χ4v) is 0.832. The molecule has 0 saturated heterocycles. The third-order valence-electron chi connectivity index (χ3n) is 1.05. The van der Waals surface area contributed by atoms with Crippen LogP contribution in [0.1, 0.15) is 20.3 Å². The van der Waals surface area contributed by atoms with Crippen LogP contribution in [-0.4, -0.2) is 27.1 Å². The molecule has 0 amide bonds. The molecule has 0 radical (unpaired) electrons. The zero-order valence-electron chi connectivity index (χ0n) is 7.24. The van der Waals surface area contributed by atoms with E-state index in [0.717, 1.165) is 0 Å². The summed E-state index contributed by atoms with van der Waals surface area (Å²) < 4.78 is 24.8. The minimum atomic E-state index is -2.15. The highest BCUT2D eigenvalue weighted by Gasteiger charge is 2.03. The van der Waals surface area contributed by atoms with E-state index in [0.29, 0.717) is 6.61 Å². The molecule has 0 aliphatic heterocycles. The number of hydrogen-bond acceptors (Lipinski definition) is 4. The van der Waals surface area contributed by atoms with Crippen LogP contribution in [0, 0.1) is 5.92 Å². The normalized spacial score (nSPS) is 13.0. The van der Waals surface area contributed by atoms with Crippen molar-refractivity contribution >= 4 is 17.0 Å². The van der Waals surface area contributed by atoms with Gasteiger partial charge in [0.2, 0.25) is 0 Å². The van der Waals surface area contributed by atoms with Gasteiger partial charge in [-0.1, -0.05) is 24.9 Å². The summed E-state index contributed by atoms with van der Waals surface area (Å²) in [7, 11) is 0. The van der Waals surface area contributed by atoms with Gasteiger partial charge in [-0.25, -0.2) is 0 Å². The van der Waals surface area contributed by atoms with Crippen molar-refractivity contribution in [2.45, 2.75) is 20.3 Å². The molecular formula is C7H13O4S-. The van der Waals surface area contributed by atoms with E-state index in [4.69, 9.17) is 4.74 Å². The van der Waals surface area contributed by atoms with Crippen molar-refractivity contribution in [1.82, 2.24) is 0 Å². The Balaban J connectivity index is 3.40. The van der Waals surface area contributed by atoms with E-state index >= 15 is 0 Å². The van der Waals surface area contributed by atoms with E-state index in [-0.39, 0.29) is 18.1 Å². The molecule has 0 heterocycles. The molecule has 72 valence electrons. The van der Waals surface area contributed by atoms with Crippen molar-refractivity contribution in [1.29, 1.82) is 0 Å². The first-order chi connectivity index (χ1) is 5.52. The Bertz CT molecular complexity index is 167. The zero-order valence-corrected chi connectivity index (χ0v) is 8.06. The zero-order chi connectivity index (χ0) is 9.56. The van der Waals surface area contributed by atoms with Crippen LogP contribution in [0.3, 0.4) is 0 Å². The molecule has 0 bridgehead atoms. The number of carbonyl (C=O) groups is 1. The van der Waals surface area contributed by atoms with Gasteiger partial charge in [-0.05, 0) is 5.92 Å². The number of ether oxygens (including phenoxy) is 1. The summed E-state index contributed by atoms with van der Waals surface area (Å²) in [6.07, 6.45) is -0.0527. The van der Waals surface area contributed by atoms with Gasteiger partial charge in [0.25, 0.3) is 0 Å². The summed E-state index contributed by atoms with van der Waals surface area (Å²) in [5.74, 6) is -0.323. The summed E-state index contributed by atoms with van der Waals surface area (Å²) in [5.41, 5.74) is 0. The lowest BCUT2D eigenvalue weighted by molar-refractivity contribution is -0.144. The number of esters is 1. The van der Waals surface area contributed by atoms with Crippen molar-refractivity contribution in [3.63, 3.8) is 0 Å². The van der Waals surface area contributed by atoms with Crippen molar-refractivity contribution in [3.05, 3.63) is 0 Å². The van der Waals surface area contributed by atoms with Crippen LogP contribution in [0.4, 0.5) is 0 Å². The summed E-state index contributed by atoms with van der Waals surface area (Å²) in [4.78, 5) is 10.8. The molecule has 12 heavy (non-hydrogen) atoms. The van der Waals surface area contributed by atoms with Gasteiger partial charge in [-0.15, -0.1) is 0 Å². The van der Waals surface area contributed by atoms with Crippen molar-refractivity contribution in [3.8, 4) is 0 Å². The standard InChI is InChI=1S/C7H14O4S/c1-6(2)5-11-7(8)3-4-12(9)10/h6H,3-5H2,1-2H3,(H,9,10)/p-1. The van der Waals surface area contributed by atoms with Crippen molar-refractivity contribution < 1.29 is 18.3 Å². The first kappa shape index (κ1) is 11.6. The smallest absolute Gasteiger partial charge is 0.306 e. The highest BCUT2D eigenvalue weighted by Crippen LogP contribution is 1.95. The van der Waals surface area contributed by atoms with Gasteiger partial charge in [-0.2, -0.15) is 0 Å². The van der Waals surface area contributed by atoms with E-state index in [2.05, 4.69) is 0 Å². The van der Waals surface area contributed by atoms with Crippen LogP contribution in [0.2, 0.25) is 0 Å². The Morgan fingerprint density at radius 3 is 2.58 bits per heavy atom. The van der Waals surface area contributed by atoms with Crippen LogP contribution in [0.5, 0.6) is 0 Å². The first-order valence-corrected chi connectivity index (χ1v) is 4.98. The molecule has 0 aliphatic rings.